The van der Waals surface area contributed by atoms with Crippen molar-refractivity contribution in [2.45, 2.75) is 18.6 Å². The minimum absolute atomic E-state index is 0.128. The Kier molecular flexibility index (Phi) is 5.76. The van der Waals surface area contributed by atoms with Crippen LogP contribution in [0.15, 0.2) is 59.9 Å². The third-order valence-corrected chi connectivity index (χ3v) is 5.94. The minimum atomic E-state index is -0.128. The predicted molar refractivity (Wildman–Crippen MR) is 120 cm³/mol. The van der Waals surface area contributed by atoms with E-state index in [4.69, 9.17) is 4.74 Å². The normalized spacial score (nSPS) is 11.0. The van der Waals surface area contributed by atoms with Crippen molar-refractivity contribution in [3.8, 4) is 17.1 Å². The highest BCUT2D eigenvalue weighted by molar-refractivity contribution is 7.99. The Hall–Kier alpha value is -3.26. The highest BCUT2D eigenvalue weighted by atomic mass is 32.2. The van der Waals surface area contributed by atoms with Crippen LogP contribution in [0.2, 0.25) is 0 Å². The SMILES string of the molecule is CCn1cc(-c2nnc(SCC(=O)Nc3ccccc3OC)n2C)c2ccccc21. The first kappa shape index (κ1) is 20.0. The number of thioether (sulfide) groups is 1. The van der Waals surface area contributed by atoms with Gasteiger partial charge < -0.3 is 19.2 Å². The maximum absolute atomic E-state index is 12.4. The molecule has 2 aromatic carbocycles. The standard InChI is InChI=1S/C22H23N5O2S/c1-4-27-13-16(15-9-5-7-11-18(15)27)21-24-25-22(26(21)2)30-14-20(28)23-17-10-6-8-12-19(17)29-3/h5-13H,4,14H2,1-3H3,(H,23,28). The number of nitrogens with one attached hydrogen (secondary N) is 1. The molecule has 7 nitrogen and oxygen atoms in total. The zero-order valence-corrected chi connectivity index (χ0v) is 17.9. The first-order valence-electron chi connectivity index (χ1n) is 9.65. The molecular weight excluding hydrogens is 398 g/mol. The minimum Gasteiger partial charge on any atom is -0.495 e. The van der Waals surface area contributed by atoms with Gasteiger partial charge in [-0.3, -0.25) is 4.79 Å². The Morgan fingerprint density at radius 3 is 2.70 bits per heavy atom. The molecule has 2 heterocycles. The van der Waals surface area contributed by atoms with Crippen molar-refractivity contribution >= 4 is 34.3 Å². The highest BCUT2D eigenvalue weighted by Gasteiger charge is 2.17. The van der Waals surface area contributed by atoms with Crippen LogP contribution in [0, 0.1) is 0 Å². The number of nitrogens with zero attached hydrogens (tertiary/aromatic N) is 4. The molecule has 2 aromatic heterocycles. The lowest BCUT2D eigenvalue weighted by Crippen LogP contribution is -2.15. The van der Waals surface area contributed by atoms with Gasteiger partial charge >= 0.3 is 0 Å². The molecule has 0 radical (unpaired) electrons. The number of ether oxygens (including phenoxy) is 1. The number of para-hydroxylation sites is 3. The summed E-state index contributed by atoms with van der Waals surface area (Å²) in [6.07, 6.45) is 2.11. The average molecular weight is 422 g/mol. The van der Waals surface area contributed by atoms with E-state index >= 15 is 0 Å². The van der Waals surface area contributed by atoms with Crippen LogP contribution in [0.5, 0.6) is 5.75 Å². The predicted octanol–water partition coefficient (Wildman–Crippen LogP) is 4.20. The number of aryl methyl sites for hydroxylation is 1. The maximum Gasteiger partial charge on any atom is 0.234 e. The molecule has 154 valence electrons. The number of fused-ring (bicyclic) bond motifs is 1. The van der Waals surface area contributed by atoms with Gasteiger partial charge in [0.25, 0.3) is 0 Å². The summed E-state index contributed by atoms with van der Waals surface area (Å²) in [6, 6.07) is 15.6. The van der Waals surface area contributed by atoms with Gasteiger partial charge in [0.15, 0.2) is 11.0 Å². The zero-order chi connectivity index (χ0) is 21.1. The van der Waals surface area contributed by atoms with E-state index in [1.165, 1.54) is 17.3 Å². The van der Waals surface area contributed by atoms with Crippen molar-refractivity contribution in [3.05, 3.63) is 54.7 Å². The number of anilines is 1. The number of rotatable bonds is 7. The van der Waals surface area contributed by atoms with E-state index in [0.717, 1.165) is 23.3 Å². The fraction of sp³-hybridized carbons (Fsp3) is 0.227. The summed E-state index contributed by atoms with van der Waals surface area (Å²) in [7, 11) is 3.50. The molecule has 0 fully saturated rings. The molecule has 4 rings (SSSR count). The van der Waals surface area contributed by atoms with E-state index < -0.39 is 0 Å². The number of methoxy groups -OCH3 is 1. The van der Waals surface area contributed by atoms with E-state index in [1.807, 2.05) is 48.0 Å². The van der Waals surface area contributed by atoms with Gasteiger partial charge in [0, 0.05) is 36.3 Å². The first-order valence-corrected chi connectivity index (χ1v) is 10.6. The van der Waals surface area contributed by atoms with Crippen LogP contribution in [0.3, 0.4) is 0 Å². The van der Waals surface area contributed by atoms with Gasteiger partial charge in [-0.25, -0.2) is 0 Å². The van der Waals surface area contributed by atoms with Crippen LogP contribution in [0.4, 0.5) is 5.69 Å². The molecule has 0 unspecified atom stereocenters. The largest absolute Gasteiger partial charge is 0.495 e. The Morgan fingerprint density at radius 1 is 1.13 bits per heavy atom. The molecule has 0 saturated heterocycles. The van der Waals surface area contributed by atoms with Crippen molar-refractivity contribution in [3.63, 3.8) is 0 Å². The number of benzene rings is 2. The Labute approximate surface area is 179 Å². The van der Waals surface area contributed by atoms with Gasteiger partial charge in [-0.1, -0.05) is 42.1 Å². The average Bonchev–Trinajstić information content (AvgIpc) is 3.32. The molecule has 0 saturated carbocycles. The zero-order valence-electron chi connectivity index (χ0n) is 17.1. The quantitative estimate of drug-likeness (QED) is 0.453. The third kappa shape index (κ3) is 3.78. The fourth-order valence-corrected chi connectivity index (χ4v) is 4.14. The summed E-state index contributed by atoms with van der Waals surface area (Å²) in [4.78, 5) is 12.4. The molecule has 0 bridgehead atoms. The third-order valence-electron chi connectivity index (χ3n) is 4.92. The van der Waals surface area contributed by atoms with Crippen molar-refractivity contribution in [2.24, 2.45) is 7.05 Å². The van der Waals surface area contributed by atoms with Crippen LogP contribution in [-0.2, 0) is 18.4 Å². The molecule has 4 aromatic rings. The van der Waals surface area contributed by atoms with Crippen LogP contribution >= 0.6 is 11.8 Å². The molecule has 0 aliphatic heterocycles. The van der Waals surface area contributed by atoms with Crippen molar-refractivity contribution in [1.82, 2.24) is 19.3 Å². The van der Waals surface area contributed by atoms with Gasteiger partial charge in [0.2, 0.25) is 5.91 Å². The second-order valence-corrected chi connectivity index (χ2v) is 7.69. The number of amides is 1. The topological polar surface area (TPSA) is 74.0 Å². The number of aromatic nitrogens is 4. The number of carbonyl (C=O) groups excluding carboxylic acids is 1. The van der Waals surface area contributed by atoms with E-state index in [2.05, 4.69) is 45.3 Å². The Morgan fingerprint density at radius 2 is 1.90 bits per heavy atom. The van der Waals surface area contributed by atoms with E-state index in [-0.39, 0.29) is 11.7 Å². The smallest absolute Gasteiger partial charge is 0.234 e. The summed E-state index contributed by atoms with van der Waals surface area (Å²) in [5, 5.41) is 13.4. The Bertz CT molecular complexity index is 1200. The van der Waals surface area contributed by atoms with Crippen molar-refractivity contribution in [2.75, 3.05) is 18.2 Å². The lowest BCUT2D eigenvalue weighted by atomic mass is 10.1. The van der Waals surface area contributed by atoms with Gasteiger partial charge in [-0.2, -0.15) is 0 Å². The lowest BCUT2D eigenvalue weighted by Gasteiger charge is -2.09. The van der Waals surface area contributed by atoms with E-state index in [1.54, 1.807) is 7.11 Å². The summed E-state index contributed by atoms with van der Waals surface area (Å²) >= 11 is 1.35. The molecule has 1 amide bonds. The maximum atomic E-state index is 12.4. The molecule has 1 N–H and O–H groups in total. The first-order chi connectivity index (χ1) is 14.6. The molecule has 30 heavy (non-hydrogen) atoms. The summed E-state index contributed by atoms with van der Waals surface area (Å²) < 4.78 is 9.41. The summed E-state index contributed by atoms with van der Waals surface area (Å²) in [5.41, 5.74) is 2.85. The second-order valence-electron chi connectivity index (χ2n) is 6.75. The molecule has 0 atom stereocenters. The molecular formula is C22H23N5O2S. The number of hydrogen-bond acceptors (Lipinski definition) is 5. The van der Waals surface area contributed by atoms with E-state index in [9.17, 15) is 4.79 Å². The monoisotopic (exact) mass is 421 g/mol. The van der Waals surface area contributed by atoms with Crippen molar-refractivity contribution in [1.29, 1.82) is 0 Å². The van der Waals surface area contributed by atoms with Gasteiger partial charge in [0.1, 0.15) is 5.75 Å². The molecule has 0 spiro atoms. The summed E-state index contributed by atoms with van der Waals surface area (Å²) in [6.45, 7) is 3.00. The fourth-order valence-electron chi connectivity index (χ4n) is 3.43. The number of carbonyl (C=O) groups is 1. The van der Waals surface area contributed by atoms with Crippen molar-refractivity contribution < 1.29 is 9.53 Å². The molecule has 0 aliphatic rings. The highest BCUT2D eigenvalue weighted by Crippen LogP contribution is 2.31. The van der Waals surface area contributed by atoms with Gasteiger partial charge in [-0.15, -0.1) is 10.2 Å². The summed E-state index contributed by atoms with van der Waals surface area (Å²) in [5.74, 6) is 1.51. The van der Waals surface area contributed by atoms with Crippen LogP contribution in [-0.4, -0.2) is 38.1 Å². The van der Waals surface area contributed by atoms with Gasteiger partial charge in [0.05, 0.1) is 18.6 Å². The van der Waals surface area contributed by atoms with E-state index in [0.29, 0.717) is 16.6 Å². The Balaban J connectivity index is 1.51. The molecule has 8 heteroatoms. The number of hydrogen-bond donors (Lipinski definition) is 1. The van der Waals surface area contributed by atoms with Crippen LogP contribution in [0.25, 0.3) is 22.3 Å². The van der Waals surface area contributed by atoms with Crippen LogP contribution < -0.4 is 10.1 Å². The lowest BCUT2D eigenvalue weighted by molar-refractivity contribution is -0.113. The molecule has 0 aliphatic carbocycles. The van der Waals surface area contributed by atoms with Crippen LogP contribution in [0.1, 0.15) is 6.92 Å². The second kappa shape index (κ2) is 8.62. The van der Waals surface area contributed by atoms with Gasteiger partial charge in [-0.05, 0) is 25.1 Å².